The van der Waals surface area contributed by atoms with Gasteiger partial charge in [-0.1, -0.05) is 35.9 Å². The summed E-state index contributed by atoms with van der Waals surface area (Å²) in [6.07, 6.45) is -0.0114. The van der Waals surface area contributed by atoms with Gasteiger partial charge in [-0.2, -0.15) is 4.98 Å². The minimum absolute atomic E-state index is 0.0114. The highest BCUT2D eigenvalue weighted by molar-refractivity contribution is 6.01. The lowest BCUT2D eigenvalue weighted by Gasteiger charge is -2.11. The van der Waals surface area contributed by atoms with Crippen LogP contribution in [0.5, 0.6) is 0 Å². The van der Waals surface area contributed by atoms with Crippen LogP contribution < -0.4 is 10.6 Å². The zero-order valence-electron chi connectivity index (χ0n) is 16.0. The van der Waals surface area contributed by atoms with Gasteiger partial charge in [0, 0.05) is 11.3 Å². The fourth-order valence-corrected chi connectivity index (χ4v) is 3.37. The molecular weight excluding hydrogens is 354 g/mol. The van der Waals surface area contributed by atoms with Crippen molar-refractivity contribution in [2.45, 2.75) is 33.2 Å². The smallest absolute Gasteiger partial charge is 0.252 e. The first kappa shape index (κ1) is 17.9. The topological polar surface area (TPSA) is 88.9 Å². The molecule has 2 N–H and O–H groups in total. The molecule has 0 aliphatic carbocycles. The summed E-state index contributed by atoms with van der Waals surface area (Å²) in [6.45, 7) is 5.96. The second kappa shape index (κ2) is 6.92. The Morgan fingerprint density at radius 2 is 1.75 bits per heavy atom. The number of hydrogen-bond donors (Lipinski definition) is 2. The molecule has 1 aliphatic rings. The lowest BCUT2D eigenvalue weighted by Crippen LogP contribution is -2.23. The molecule has 0 saturated carbocycles. The van der Waals surface area contributed by atoms with Crippen LogP contribution >= 0.6 is 0 Å². The molecule has 3 aromatic rings. The monoisotopic (exact) mass is 375 g/mol. The molecule has 1 unspecified atom stereocenters. The maximum absolute atomic E-state index is 12.5. The Labute approximate surface area is 162 Å². The lowest BCUT2D eigenvalue weighted by atomic mass is 10.1. The molecule has 1 aliphatic heterocycles. The Morgan fingerprint density at radius 1 is 1.07 bits per heavy atom. The van der Waals surface area contributed by atoms with Gasteiger partial charge in [-0.25, -0.2) is 4.68 Å². The number of aromatic nitrogens is 3. The van der Waals surface area contributed by atoms with E-state index in [1.165, 1.54) is 4.68 Å². The summed E-state index contributed by atoms with van der Waals surface area (Å²) in [6, 6.07) is 12.9. The second-order valence-corrected chi connectivity index (χ2v) is 7.20. The number of carbonyl (C=O) groups is 2. The van der Waals surface area contributed by atoms with Gasteiger partial charge in [-0.15, -0.1) is 5.10 Å². The van der Waals surface area contributed by atoms with Gasteiger partial charge < -0.3 is 5.32 Å². The maximum atomic E-state index is 12.5. The fraction of sp³-hybridized carbons (Fsp3) is 0.238. The number of nitrogens with zero attached hydrogens (tertiary/aromatic N) is 3. The van der Waals surface area contributed by atoms with Crippen molar-refractivity contribution in [3.63, 3.8) is 0 Å². The van der Waals surface area contributed by atoms with Crippen LogP contribution in [0, 0.1) is 20.8 Å². The number of carbonyl (C=O) groups excluding carboxylic acids is 2. The van der Waals surface area contributed by atoms with Crippen molar-refractivity contribution in [1.82, 2.24) is 14.8 Å². The highest BCUT2D eigenvalue weighted by Gasteiger charge is 2.35. The molecule has 2 amide bonds. The van der Waals surface area contributed by atoms with Gasteiger partial charge in [-0.05, 0) is 44.0 Å². The van der Waals surface area contributed by atoms with Gasteiger partial charge in [0.2, 0.25) is 11.9 Å². The van der Waals surface area contributed by atoms with Crippen molar-refractivity contribution in [3.05, 3.63) is 59.2 Å². The predicted octanol–water partition coefficient (Wildman–Crippen LogP) is 3.39. The van der Waals surface area contributed by atoms with E-state index in [0.717, 1.165) is 27.9 Å². The van der Waals surface area contributed by atoms with Crippen molar-refractivity contribution < 1.29 is 9.59 Å². The van der Waals surface area contributed by atoms with Crippen LogP contribution in [0.15, 0.2) is 42.5 Å². The van der Waals surface area contributed by atoms with E-state index in [4.69, 9.17) is 0 Å². The van der Waals surface area contributed by atoms with Crippen LogP contribution in [-0.4, -0.2) is 26.6 Å². The van der Waals surface area contributed by atoms with E-state index in [-0.39, 0.29) is 18.2 Å². The standard InChI is InChI=1S/C21H21N5O2/c1-12-4-6-15(7-5-12)19-23-21-24-20(28)17(26(21)25-19)11-18(27)22-16-9-13(2)8-14(3)10-16/h4-10,17H,11H2,1-3H3,(H,22,27)(H,23,24,25,28). The van der Waals surface area contributed by atoms with Crippen LogP contribution in [-0.2, 0) is 9.59 Å². The second-order valence-electron chi connectivity index (χ2n) is 7.20. The summed E-state index contributed by atoms with van der Waals surface area (Å²) in [5.41, 5.74) is 4.86. The van der Waals surface area contributed by atoms with E-state index in [0.29, 0.717) is 11.8 Å². The van der Waals surface area contributed by atoms with Crippen LogP contribution in [0.2, 0.25) is 0 Å². The summed E-state index contributed by atoms with van der Waals surface area (Å²) in [7, 11) is 0. The minimum atomic E-state index is -0.715. The Kier molecular flexibility index (Phi) is 4.43. The molecular formula is C21H21N5O2. The zero-order valence-corrected chi connectivity index (χ0v) is 16.0. The first-order chi connectivity index (χ1) is 13.4. The zero-order chi connectivity index (χ0) is 19.8. The molecule has 142 valence electrons. The molecule has 0 spiro atoms. The van der Waals surface area contributed by atoms with Gasteiger partial charge in [0.1, 0.15) is 6.04 Å². The Balaban J connectivity index is 1.52. The first-order valence-electron chi connectivity index (χ1n) is 9.11. The Morgan fingerprint density at radius 3 is 2.43 bits per heavy atom. The van der Waals surface area contributed by atoms with E-state index in [1.807, 2.05) is 63.2 Å². The molecule has 0 fully saturated rings. The Bertz CT molecular complexity index is 1050. The molecule has 2 aromatic carbocycles. The predicted molar refractivity (Wildman–Crippen MR) is 107 cm³/mol. The molecule has 7 heteroatoms. The number of aryl methyl sites for hydroxylation is 3. The maximum Gasteiger partial charge on any atom is 0.252 e. The van der Waals surface area contributed by atoms with E-state index < -0.39 is 6.04 Å². The minimum Gasteiger partial charge on any atom is -0.326 e. The molecule has 4 rings (SSSR count). The van der Waals surface area contributed by atoms with Gasteiger partial charge >= 0.3 is 0 Å². The van der Waals surface area contributed by atoms with Gasteiger partial charge in [0.25, 0.3) is 5.91 Å². The van der Waals surface area contributed by atoms with Crippen LogP contribution in [0.4, 0.5) is 11.6 Å². The SMILES string of the molecule is Cc1ccc(-c2nc3n(n2)C(CC(=O)Nc2cc(C)cc(C)c2)C(=O)N3)cc1. The van der Waals surface area contributed by atoms with Gasteiger partial charge in [0.05, 0.1) is 6.42 Å². The van der Waals surface area contributed by atoms with Crippen LogP contribution in [0.1, 0.15) is 29.2 Å². The third-order valence-electron chi connectivity index (χ3n) is 4.66. The highest BCUT2D eigenvalue weighted by atomic mass is 16.2. The van der Waals surface area contributed by atoms with E-state index in [1.54, 1.807) is 0 Å². The molecule has 0 bridgehead atoms. The first-order valence-corrected chi connectivity index (χ1v) is 9.11. The van der Waals surface area contributed by atoms with E-state index in [9.17, 15) is 9.59 Å². The molecule has 0 radical (unpaired) electrons. The Hall–Kier alpha value is -3.48. The molecule has 28 heavy (non-hydrogen) atoms. The summed E-state index contributed by atoms with van der Waals surface area (Å²) in [5.74, 6) is 0.367. The largest absolute Gasteiger partial charge is 0.326 e. The van der Waals surface area contributed by atoms with Crippen LogP contribution in [0.3, 0.4) is 0 Å². The number of anilines is 2. The highest BCUT2D eigenvalue weighted by Crippen LogP contribution is 2.28. The molecule has 2 heterocycles. The van der Waals surface area contributed by atoms with E-state index in [2.05, 4.69) is 20.7 Å². The normalized spacial score (nSPS) is 15.2. The average Bonchev–Trinajstić information content (AvgIpc) is 3.13. The number of rotatable bonds is 4. The third kappa shape index (κ3) is 3.51. The molecule has 1 aromatic heterocycles. The third-order valence-corrected chi connectivity index (χ3v) is 4.66. The van der Waals surface area contributed by atoms with Crippen molar-refractivity contribution in [1.29, 1.82) is 0 Å². The number of hydrogen-bond acceptors (Lipinski definition) is 4. The number of benzene rings is 2. The quantitative estimate of drug-likeness (QED) is 0.731. The summed E-state index contributed by atoms with van der Waals surface area (Å²) in [4.78, 5) is 29.2. The fourth-order valence-electron chi connectivity index (χ4n) is 3.37. The molecule has 0 saturated heterocycles. The number of nitrogens with one attached hydrogen (secondary N) is 2. The summed E-state index contributed by atoms with van der Waals surface area (Å²) < 4.78 is 1.50. The lowest BCUT2D eigenvalue weighted by molar-refractivity contribution is -0.123. The van der Waals surface area contributed by atoms with Crippen LogP contribution in [0.25, 0.3) is 11.4 Å². The van der Waals surface area contributed by atoms with Crippen molar-refractivity contribution in [2.24, 2.45) is 0 Å². The average molecular weight is 375 g/mol. The molecule has 1 atom stereocenters. The van der Waals surface area contributed by atoms with E-state index >= 15 is 0 Å². The van der Waals surface area contributed by atoms with Gasteiger partial charge in [-0.3, -0.25) is 14.9 Å². The molecule has 7 nitrogen and oxygen atoms in total. The van der Waals surface area contributed by atoms with Crippen molar-refractivity contribution in [3.8, 4) is 11.4 Å². The van der Waals surface area contributed by atoms with Gasteiger partial charge in [0.15, 0.2) is 5.82 Å². The summed E-state index contributed by atoms with van der Waals surface area (Å²) in [5, 5.41) is 10.0. The summed E-state index contributed by atoms with van der Waals surface area (Å²) >= 11 is 0. The number of amides is 2. The van der Waals surface area contributed by atoms with Crippen molar-refractivity contribution in [2.75, 3.05) is 10.6 Å². The van der Waals surface area contributed by atoms with Crippen molar-refractivity contribution >= 4 is 23.5 Å². The number of fused-ring (bicyclic) bond motifs is 1.